The van der Waals surface area contributed by atoms with Gasteiger partial charge in [-0.1, -0.05) is 6.07 Å². The third kappa shape index (κ3) is 3.41. The van der Waals surface area contributed by atoms with Crippen molar-refractivity contribution in [2.45, 2.75) is 12.8 Å². The first-order valence-electron chi connectivity index (χ1n) is 8.91. The molecule has 0 radical (unpaired) electrons. The third-order valence-corrected chi connectivity index (χ3v) is 5.71. The van der Waals surface area contributed by atoms with Crippen LogP contribution in [-0.2, 0) is 0 Å². The molecule has 2 aromatic rings. The van der Waals surface area contributed by atoms with Crippen molar-refractivity contribution in [2.24, 2.45) is 0 Å². The Hall–Kier alpha value is -2.48. The highest BCUT2D eigenvalue weighted by atomic mass is 32.1. The van der Waals surface area contributed by atoms with Gasteiger partial charge in [0.05, 0.1) is 17.3 Å². The molecule has 4 rings (SSSR count). The van der Waals surface area contributed by atoms with Gasteiger partial charge in [0, 0.05) is 39.3 Å². The van der Waals surface area contributed by atoms with Crippen molar-refractivity contribution in [1.82, 2.24) is 19.8 Å². The Morgan fingerprint density at radius 3 is 2.35 bits per heavy atom. The molecule has 136 valence electrons. The molecule has 0 unspecified atom stereocenters. The van der Waals surface area contributed by atoms with Crippen LogP contribution >= 0.6 is 11.3 Å². The van der Waals surface area contributed by atoms with Gasteiger partial charge in [0.15, 0.2) is 0 Å². The predicted octanol–water partition coefficient (Wildman–Crippen LogP) is 1.74. The predicted molar refractivity (Wildman–Crippen MR) is 99.6 cm³/mol. The average molecular weight is 371 g/mol. The lowest BCUT2D eigenvalue weighted by Gasteiger charge is -2.35. The van der Waals surface area contributed by atoms with Crippen molar-refractivity contribution in [2.75, 3.05) is 44.2 Å². The molecule has 0 atom stereocenters. The maximum absolute atomic E-state index is 12.5. The monoisotopic (exact) mass is 371 g/mol. The SMILES string of the molecule is O=C(c1cncc(N2CCN(C(=O)c3cccs3)CC2)n1)N1CCCC1. The molecule has 0 spiro atoms. The van der Waals surface area contributed by atoms with Gasteiger partial charge < -0.3 is 14.7 Å². The fraction of sp³-hybridized carbons (Fsp3) is 0.444. The van der Waals surface area contributed by atoms with Crippen molar-refractivity contribution in [3.05, 3.63) is 40.5 Å². The van der Waals surface area contributed by atoms with E-state index in [0.29, 0.717) is 37.7 Å². The van der Waals surface area contributed by atoms with Crippen LogP contribution in [0.25, 0.3) is 0 Å². The molecule has 2 aromatic heterocycles. The number of anilines is 1. The molecule has 8 heteroatoms. The lowest BCUT2D eigenvalue weighted by atomic mass is 10.3. The molecular weight excluding hydrogens is 350 g/mol. The molecule has 2 saturated heterocycles. The van der Waals surface area contributed by atoms with Crippen LogP contribution in [0.5, 0.6) is 0 Å². The number of hydrogen-bond donors (Lipinski definition) is 0. The molecule has 26 heavy (non-hydrogen) atoms. The Bertz CT molecular complexity index is 781. The van der Waals surface area contributed by atoms with Crippen LogP contribution in [-0.4, -0.2) is 70.9 Å². The summed E-state index contributed by atoms with van der Waals surface area (Å²) in [7, 11) is 0. The zero-order valence-corrected chi connectivity index (χ0v) is 15.3. The van der Waals surface area contributed by atoms with Crippen LogP contribution in [0.15, 0.2) is 29.9 Å². The Kier molecular flexibility index (Phi) is 4.83. The Balaban J connectivity index is 1.40. The number of aromatic nitrogens is 2. The second-order valence-electron chi connectivity index (χ2n) is 6.52. The summed E-state index contributed by atoms with van der Waals surface area (Å²) in [5.41, 5.74) is 0.404. The number of carbonyl (C=O) groups excluding carboxylic acids is 2. The first-order valence-corrected chi connectivity index (χ1v) is 9.79. The van der Waals surface area contributed by atoms with Crippen molar-refractivity contribution >= 4 is 29.0 Å². The van der Waals surface area contributed by atoms with E-state index in [0.717, 1.165) is 30.8 Å². The largest absolute Gasteiger partial charge is 0.352 e. The molecular formula is C18H21N5O2S. The molecule has 0 aliphatic carbocycles. The molecule has 0 bridgehead atoms. The third-order valence-electron chi connectivity index (χ3n) is 4.86. The number of rotatable bonds is 3. The molecule has 0 N–H and O–H groups in total. The van der Waals surface area contributed by atoms with Crippen LogP contribution in [0.1, 0.15) is 33.0 Å². The highest BCUT2D eigenvalue weighted by molar-refractivity contribution is 7.12. The number of carbonyl (C=O) groups is 2. The van der Waals surface area contributed by atoms with E-state index in [1.54, 1.807) is 12.4 Å². The van der Waals surface area contributed by atoms with E-state index < -0.39 is 0 Å². The van der Waals surface area contributed by atoms with Crippen molar-refractivity contribution in [1.29, 1.82) is 0 Å². The van der Waals surface area contributed by atoms with Gasteiger partial charge in [0.25, 0.3) is 11.8 Å². The molecule has 2 aliphatic heterocycles. The van der Waals surface area contributed by atoms with Crippen LogP contribution in [0.4, 0.5) is 5.82 Å². The van der Waals surface area contributed by atoms with E-state index in [1.807, 2.05) is 27.3 Å². The van der Waals surface area contributed by atoms with E-state index in [9.17, 15) is 9.59 Å². The Morgan fingerprint density at radius 2 is 1.65 bits per heavy atom. The summed E-state index contributed by atoms with van der Waals surface area (Å²) in [6, 6.07) is 3.75. The van der Waals surface area contributed by atoms with Gasteiger partial charge in [-0.05, 0) is 24.3 Å². The van der Waals surface area contributed by atoms with Crippen LogP contribution < -0.4 is 4.90 Å². The minimum Gasteiger partial charge on any atom is -0.352 e. The van der Waals surface area contributed by atoms with E-state index >= 15 is 0 Å². The summed E-state index contributed by atoms with van der Waals surface area (Å²) in [5.74, 6) is 0.755. The second kappa shape index (κ2) is 7.41. The molecule has 2 aliphatic rings. The van der Waals surface area contributed by atoms with Crippen molar-refractivity contribution in [3.8, 4) is 0 Å². The summed E-state index contributed by atoms with van der Waals surface area (Å²) in [6.45, 7) is 4.26. The Morgan fingerprint density at radius 1 is 0.923 bits per heavy atom. The van der Waals surface area contributed by atoms with Gasteiger partial charge in [-0.25, -0.2) is 4.98 Å². The van der Waals surface area contributed by atoms with Gasteiger partial charge >= 0.3 is 0 Å². The standard InChI is InChI=1S/C18H21N5O2S/c24-17(22-5-1-2-6-22)14-12-19-13-16(20-14)21-7-9-23(10-8-21)18(25)15-4-3-11-26-15/h3-4,11-13H,1-2,5-10H2. The van der Waals surface area contributed by atoms with Gasteiger partial charge in [0.1, 0.15) is 11.5 Å². The maximum Gasteiger partial charge on any atom is 0.274 e. The average Bonchev–Trinajstić information content (AvgIpc) is 3.41. The van der Waals surface area contributed by atoms with Crippen LogP contribution in [0, 0.1) is 0 Å². The minimum absolute atomic E-state index is 0.0386. The number of thiophene rings is 1. The molecule has 0 aromatic carbocycles. The smallest absolute Gasteiger partial charge is 0.274 e. The maximum atomic E-state index is 12.5. The zero-order valence-electron chi connectivity index (χ0n) is 14.5. The van der Waals surface area contributed by atoms with E-state index in [1.165, 1.54) is 11.3 Å². The number of likely N-dealkylation sites (tertiary alicyclic amines) is 1. The van der Waals surface area contributed by atoms with Crippen LogP contribution in [0.2, 0.25) is 0 Å². The fourth-order valence-electron chi connectivity index (χ4n) is 3.39. The number of amides is 2. The molecule has 0 saturated carbocycles. The molecule has 4 heterocycles. The highest BCUT2D eigenvalue weighted by Gasteiger charge is 2.25. The van der Waals surface area contributed by atoms with Gasteiger partial charge in [-0.3, -0.25) is 14.6 Å². The highest BCUT2D eigenvalue weighted by Crippen LogP contribution is 2.18. The van der Waals surface area contributed by atoms with Gasteiger partial charge in [-0.2, -0.15) is 0 Å². The second-order valence-corrected chi connectivity index (χ2v) is 7.47. The lowest BCUT2D eigenvalue weighted by molar-refractivity contribution is 0.0751. The summed E-state index contributed by atoms with van der Waals surface area (Å²) in [4.78, 5) is 40.3. The number of nitrogens with zero attached hydrogens (tertiary/aromatic N) is 5. The summed E-state index contributed by atoms with van der Waals surface area (Å²) in [6.07, 6.45) is 5.34. The van der Waals surface area contributed by atoms with E-state index in [-0.39, 0.29) is 11.8 Å². The molecule has 2 fully saturated rings. The van der Waals surface area contributed by atoms with E-state index in [2.05, 4.69) is 14.9 Å². The molecule has 2 amide bonds. The summed E-state index contributed by atoms with van der Waals surface area (Å²) in [5, 5.41) is 1.92. The Labute approximate surface area is 156 Å². The molecule has 7 nitrogen and oxygen atoms in total. The van der Waals surface area contributed by atoms with Crippen molar-refractivity contribution in [3.63, 3.8) is 0 Å². The quantitative estimate of drug-likeness (QED) is 0.822. The summed E-state index contributed by atoms with van der Waals surface area (Å²) < 4.78 is 0. The van der Waals surface area contributed by atoms with Gasteiger partial charge in [0.2, 0.25) is 0 Å². The topological polar surface area (TPSA) is 69.6 Å². The number of hydrogen-bond acceptors (Lipinski definition) is 6. The number of piperazine rings is 1. The zero-order chi connectivity index (χ0) is 17.9. The van der Waals surface area contributed by atoms with Crippen LogP contribution in [0.3, 0.4) is 0 Å². The van der Waals surface area contributed by atoms with Gasteiger partial charge in [-0.15, -0.1) is 11.3 Å². The normalized spacial score (nSPS) is 17.6. The lowest BCUT2D eigenvalue weighted by Crippen LogP contribution is -2.49. The van der Waals surface area contributed by atoms with E-state index in [4.69, 9.17) is 0 Å². The first kappa shape index (κ1) is 17.0. The first-order chi connectivity index (χ1) is 12.7. The summed E-state index contributed by atoms with van der Waals surface area (Å²) >= 11 is 1.47. The van der Waals surface area contributed by atoms with Crippen molar-refractivity contribution < 1.29 is 9.59 Å². The minimum atomic E-state index is -0.0386. The fourth-order valence-corrected chi connectivity index (χ4v) is 4.08.